The summed E-state index contributed by atoms with van der Waals surface area (Å²) in [4.78, 5) is 0. The second kappa shape index (κ2) is 5.09. The predicted octanol–water partition coefficient (Wildman–Crippen LogP) is 2.48. The molecule has 2 aliphatic rings. The number of fused-ring (bicyclic) bond motifs is 1. The average molecular weight is 278 g/mol. The minimum Gasteiger partial charge on any atom is -0.512 e. The van der Waals surface area contributed by atoms with Crippen molar-refractivity contribution in [1.29, 1.82) is 0 Å². The molecule has 2 saturated heterocycles. The molecule has 2 fully saturated rings. The zero-order valence-corrected chi connectivity index (χ0v) is 11.5. The summed E-state index contributed by atoms with van der Waals surface area (Å²) >= 11 is 0. The van der Waals surface area contributed by atoms with Gasteiger partial charge in [0.2, 0.25) is 6.29 Å². The van der Waals surface area contributed by atoms with Crippen molar-refractivity contribution >= 4 is 0 Å². The van der Waals surface area contributed by atoms with Crippen molar-refractivity contribution in [1.82, 2.24) is 0 Å². The minimum atomic E-state index is -0.704. The fourth-order valence-corrected chi connectivity index (χ4v) is 2.46. The van der Waals surface area contributed by atoms with E-state index >= 15 is 0 Å². The average Bonchev–Trinajstić information content (AvgIpc) is 2.89. The molecule has 1 aromatic carbocycles. The Hall–Kier alpha value is -1.56. The molecule has 20 heavy (non-hydrogen) atoms. The van der Waals surface area contributed by atoms with Crippen molar-refractivity contribution < 1.29 is 24.1 Å². The minimum absolute atomic E-state index is 0.339. The highest BCUT2D eigenvalue weighted by Gasteiger charge is 2.54. The first kappa shape index (κ1) is 13.4. The maximum atomic E-state index is 9.24. The van der Waals surface area contributed by atoms with Crippen LogP contribution in [0, 0.1) is 0 Å². The number of hydrogen-bond donors (Lipinski definition) is 1. The smallest absolute Gasteiger partial charge is 0.231 e. The maximum Gasteiger partial charge on any atom is 0.231 e. The highest BCUT2D eigenvalue weighted by molar-refractivity contribution is 5.15. The van der Waals surface area contributed by atoms with Crippen LogP contribution in [0.3, 0.4) is 0 Å². The first-order chi connectivity index (χ1) is 9.59. The van der Waals surface area contributed by atoms with Gasteiger partial charge in [0.25, 0.3) is 0 Å². The van der Waals surface area contributed by atoms with Crippen LogP contribution >= 0.6 is 0 Å². The van der Waals surface area contributed by atoms with Crippen LogP contribution in [0.15, 0.2) is 42.4 Å². The van der Waals surface area contributed by atoms with E-state index in [-0.39, 0.29) is 6.10 Å². The van der Waals surface area contributed by atoms with Crippen molar-refractivity contribution in [3.63, 3.8) is 0 Å². The Bertz CT molecular complexity index is 496. The van der Waals surface area contributed by atoms with Crippen LogP contribution in [0.25, 0.3) is 0 Å². The third-order valence-corrected chi connectivity index (χ3v) is 3.32. The topological polar surface area (TPSA) is 57.2 Å². The van der Waals surface area contributed by atoms with Gasteiger partial charge in [-0.1, -0.05) is 30.3 Å². The Labute approximate surface area is 117 Å². The molecule has 0 amide bonds. The second-order valence-electron chi connectivity index (χ2n) is 5.34. The van der Waals surface area contributed by atoms with Crippen molar-refractivity contribution in [2.75, 3.05) is 0 Å². The Balaban J connectivity index is 1.70. The number of aliphatic hydroxyl groups is 1. The summed E-state index contributed by atoms with van der Waals surface area (Å²) in [6.07, 6.45) is -0.462. The van der Waals surface area contributed by atoms with Crippen molar-refractivity contribution in [2.45, 2.75) is 44.7 Å². The number of benzene rings is 1. The van der Waals surface area contributed by atoms with Crippen LogP contribution < -0.4 is 0 Å². The number of hydrogen-bond acceptors (Lipinski definition) is 5. The Morgan fingerprint density at radius 1 is 1.25 bits per heavy atom. The summed E-state index contributed by atoms with van der Waals surface area (Å²) in [5.41, 5.74) is 1.05. The molecule has 0 saturated carbocycles. The Morgan fingerprint density at radius 2 is 2.00 bits per heavy atom. The molecule has 1 aromatic rings. The van der Waals surface area contributed by atoms with Crippen LogP contribution in [0.2, 0.25) is 0 Å². The van der Waals surface area contributed by atoms with Crippen LogP contribution in [-0.4, -0.2) is 29.4 Å². The van der Waals surface area contributed by atoms with Gasteiger partial charge in [-0.15, -0.1) is 0 Å². The normalized spacial score (nSPS) is 33.1. The fraction of sp³-hybridized carbons (Fsp3) is 0.467. The molecule has 2 heterocycles. The largest absolute Gasteiger partial charge is 0.512 e. The monoisotopic (exact) mass is 278 g/mol. The standard InChI is InChI=1S/C15H18O5/c1-15(2)19-13-12(11(8-16)18-14(13)20-15)17-9-10-6-4-3-5-7-10/h3-8,12-14,16H,9H2,1-2H3/b11-8-/t12-,13-,14-/m1/s1. The highest BCUT2D eigenvalue weighted by Crippen LogP contribution is 2.40. The summed E-state index contributed by atoms with van der Waals surface area (Å²) in [5.74, 6) is -0.364. The zero-order valence-electron chi connectivity index (χ0n) is 11.5. The van der Waals surface area contributed by atoms with E-state index in [4.69, 9.17) is 18.9 Å². The van der Waals surface area contributed by atoms with Crippen molar-refractivity contribution in [2.24, 2.45) is 0 Å². The summed E-state index contributed by atoms with van der Waals surface area (Å²) in [7, 11) is 0. The summed E-state index contributed by atoms with van der Waals surface area (Å²) < 4.78 is 22.7. The molecule has 5 heteroatoms. The molecule has 0 aliphatic carbocycles. The lowest BCUT2D eigenvalue weighted by atomic mass is 10.2. The van der Waals surface area contributed by atoms with E-state index in [1.165, 1.54) is 0 Å². The van der Waals surface area contributed by atoms with Crippen LogP contribution in [-0.2, 0) is 25.6 Å². The van der Waals surface area contributed by atoms with Gasteiger partial charge in [-0.25, -0.2) is 0 Å². The van der Waals surface area contributed by atoms with Gasteiger partial charge in [0.05, 0.1) is 6.61 Å². The first-order valence-corrected chi connectivity index (χ1v) is 6.61. The van der Waals surface area contributed by atoms with E-state index in [0.717, 1.165) is 11.8 Å². The first-order valence-electron chi connectivity index (χ1n) is 6.61. The van der Waals surface area contributed by atoms with E-state index in [2.05, 4.69) is 0 Å². The van der Waals surface area contributed by atoms with Gasteiger partial charge in [0.1, 0.15) is 6.26 Å². The summed E-state index contributed by atoms with van der Waals surface area (Å²) in [6, 6.07) is 9.81. The van der Waals surface area contributed by atoms with E-state index in [1.54, 1.807) is 0 Å². The van der Waals surface area contributed by atoms with E-state index in [1.807, 2.05) is 44.2 Å². The van der Waals surface area contributed by atoms with Gasteiger partial charge in [0, 0.05) is 0 Å². The Kier molecular flexibility index (Phi) is 3.41. The lowest BCUT2D eigenvalue weighted by Gasteiger charge is -2.21. The van der Waals surface area contributed by atoms with E-state index in [9.17, 15) is 5.11 Å². The lowest BCUT2D eigenvalue weighted by molar-refractivity contribution is -0.192. The molecule has 0 spiro atoms. The predicted molar refractivity (Wildman–Crippen MR) is 70.6 cm³/mol. The van der Waals surface area contributed by atoms with Gasteiger partial charge in [-0.2, -0.15) is 0 Å². The van der Waals surface area contributed by atoms with Gasteiger partial charge >= 0.3 is 0 Å². The molecule has 0 bridgehead atoms. The van der Waals surface area contributed by atoms with Crippen LogP contribution in [0.5, 0.6) is 0 Å². The van der Waals surface area contributed by atoms with Gasteiger partial charge in [0.15, 0.2) is 23.8 Å². The molecule has 1 N–H and O–H groups in total. The molecular weight excluding hydrogens is 260 g/mol. The third kappa shape index (κ3) is 2.52. The number of rotatable bonds is 3. The fourth-order valence-electron chi connectivity index (χ4n) is 2.46. The zero-order chi connectivity index (χ0) is 14.2. The molecule has 0 radical (unpaired) electrons. The van der Waals surface area contributed by atoms with Crippen molar-refractivity contribution in [3.05, 3.63) is 47.9 Å². The summed E-state index contributed by atoms with van der Waals surface area (Å²) in [6.45, 7) is 4.07. The maximum absolute atomic E-state index is 9.24. The molecular formula is C15H18O5. The Morgan fingerprint density at radius 3 is 2.70 bits per heavy atom. The van der Waals surface area contributed by atoms with Gasteiger partial charge < -0.3 is 24.1 Å². The molecule has 0 unspecified atom stereocenters. The van der Waals surface area contributed by atoms with Crippen LogP contribution in [0.4, 0.5) is 0 Å². The number of aliphatic hydroxyl groups excluding tert-OH is 1. The molecule has 2 aliphatic heterocycles. The molecule has 5 nitrogen and oxygen atoms in total. The highest BCUT2D eigenvalue weighted by atomic mass is 16.8. The SMILES string of the molecule is CC1(C)O[C@H]2O/C(=C\O)[C@@H](OCc3ccccc3)[C@H]2O1. The van der Waals surface area contributed by atoms with Crippen molar-refractivity contribution in [3.8, 4) is 0 Å². The second-order valence-corrected chi connectivity index (χ2v) is 5.34. The third-order valence-electron chi connectivity index (χ3n) is 3.32. The number of ether oxygens (including phenoxy) is 4. The molecule has 0 aromatic heterocycles. The van der Waals surface area contributed by atoms with Crippen LogP contribution in [0.1, 0.15) is 19.4 Å². The molecule has 108 valence electrons. The van der Waals surface area contributed by atoms with Gasteiger partial charge in [-0.3, -0.25) is 0 Å². The van der Waals surface area contributed by atoms with Gasteiger partial charge in [-0.05, 0) is 19.4 Å². The quantitative estimate of drug-likeness (QED) is 0.861. The van der Waals surface area contributed by atoms with E-state index in [0.29, 0.717) is 12.4 Å². The molecule has 3 rings (SSSR count). The van der Waals surface area contributed by atoms with E-state index < -0.39 is 18.2 Å². The lowest BCUT2D eigenvalue weighted by Crippen LogP contribution is -2.31. The summed E-state index contributed by atoms with van der Waals surface area (Å²) in [5, 5.41) is 9.24. The molecule has 3 atom stereocenters.